The summed E-state index contributed by atoms with van der Waals surface area (Å²) >= 11 is 7.36. The molecule has 1 aliphatic carbocycles. The fourth-order valence-corrected chi connectivity index (χ4v) is 3.76. The number of nitrogens with one attached hydrogen (secondary N) is 1. The fourth-order valence-electron chi connectivity index (χ4n) is 2.59. The molecule has 0 bridgehead atoms. The van der Waals surface area contributed by atoms with Crippen molar-refractivity contribution in [2.45, 2.75) is 39.5 Å². The van der Waals surface area contributed by atoms with Gasteiger partial charge in [0, 0.05) is 17.4 Å². The minimum Gasteiger partial charge on any atom is -0.300 e. The molecule has 1 N–H and O–H groups in total. The van der Waals surface area contributed by atoms with Gasteiger partial charge in [-0.3, -0.25) is 4.79 Å². The maximum absolute atomic E-state index is 12.3. The maximum atomic E-state index is 12.3. The molecule has 1 aromatic carbocycles. The number of benzene rings is 1. The lowest BCUT2D eigenvalue weighted by Crippen LogP contribution is -2.14. The van der Waals surface area contributed by atoms with Gasteiger partial charge in [-0.2, -0.15) is 0 Å². The van der Waals surface area contributed by atoms with Crippen LogP contribution in [0.15, 0.2) is 24.3 Å². The van der Waals surface area contributed by atoms with Crippen LogP contribution in [0.3, 0.4) is 0 Å². The van der Waals surface area contributed by atoms with E-state index in [1.54, 1.807) is 0 Å². The number of rotatable bonds is 4. The molecule has 1 amide bonds. The second kappa shape index (κ2) is 6.21. The van der Waals surface area contributed by atoms with Crippen LogP contribution in [0.1, 0.15) is 43.7 Å². The highest BCUT2D eigenvalue weighted by Gasteiger charge is 2.44. The summed E-state index contributed by atoms with van der Waals surface area (Å²) in [5.41, 5.74) is 1.33. The Balaban J connectivity index is 1.57. The van der Waals surface area contributed by atoms with E-state index in [4.69, 9.17) is 11.6 Å². The highest BCUT2D eigenvalue weighted by molar-refractivity contribution is 7.15. The molecule has 0 unspecified atom stereocenters. The van der Waals surface area contributed by atoms with Crippen molar-refractivity contribution in [1.82, 2.24) is 10.2 Å². The van der Waals surface area contributed by atoms with E-state index in [1.807, 2.05) is 24.3 Å². The van der Waals surface area contributed by atoms with Gasteiger partial charge in [0.25, 0.3) is 0 Å². The van der Waals surface area contributed by atoms with Crippen molar-refractivity contribution in [3.8, 4) is 0 Å². The summed E-state index contributed by atoms with van der Waals surface area (Å²) in [6.45, 7) is 6.48. The molecule has 0 aliphatic heterocycles. The van der Waals surface area contributed by atoms with Crippen LogP contribution in [-0.2, 0) is 11.2 Å². The van der Waals surface area contributed by atoms with Gasteiger partial charge in [-0.05, 0) is 35.4 Å². The predicted molar refractivity (Wildman–Crippen MR) is 94.0 cm³/mol. The number of amides is 1. The van der Waals surface area contributed by atoms with Gasteiger partial charge in [0.2, 0.25) is 11.0 Å². The van der Waals surface area contributed by atoms with Crippen molar-refractivity contribution >= 4 is 34.0 Å². The second-order valence-corrected chi connectivity index (χ2v) is 8.73. The van der Waals surface area contributed by atoms with E-state index in [9.17, 15) is 4.79 Å². The van der Waals surface area contributed by atoms with Crippen LogP contribution in [0.5, 0.6) is 0 Å². The van der Waals surface area contributed by atoms with Crippen LogP contribution < -0.4 is 5.32 Å². The molecule has 3 rings (SSSR count). The first-order valence-corrected chi connectivity index (χ1v) is 8.90. The third-order valence-corrected chi connectivity index (χ3v) is 4.89. The Morgan fingerprint density at radius 3 is 2.65 bits per heavy atom. The molecule has 1 aliphatic rings. The Morgan fingerprint density at radius 2 is 2.00 bits per heavy atom. The van der Waals surface area contributed by atoms with E-state index in [1.165, 1.54) is 16.9 Å². The lowest BCUT2D eigenvalue weighted by atomic mass is 9.93. The third-order valence-electron chi connectivity index (χ3n) is 3.80. The van der Waals surface area contributed by atoms with Crippen LogP contribution in [0.4, 0.5) is 5.13 Å². The number of carbonyl (C=O) groups is 1. The van der Waals surface area contributed by atoms with E-state index in [-0.39, 0.29) is 23.2 Å². The Hall–Kier alpha value is -1.46. The standard InChI is InChI=1S/C17H20ClN3OS/c1-17(2,3)9-14-20-21-16(23-14)19-15(22)13-8-12(13)10-4-6-11(18)7-5-10/h4-7,12-13H,8-9H2,1-3H3,(H,19,21,22)/t12-,13-/m0/s1. The molecular formula is C17H20ClN3OS. The SMILES string of the molecule is CC(C)(C)Cc1nnc(NC(=O)[C@H]2C[C@H]2c2ccc(Cl)cc2)s1. The number of carbonyl (C=O) groups excluding carboxylic acids is 1. The lowest BCUT2D eigenvalue weighted by molar-refractivity contribution is -0.117. The largest absolute Gasteiger partial charge is 0.300 e. The summed E-state index contributed by atoms with van der Waals surface area (Å²) in [6.07, 6.45) is 1.73. The Kier molecular flexibility index (Phi) is 4.43. The van der Waals surface area contributed by atoms with Gasteiger partial charge >= 0.3 is 0 Å². The van der Waals surface area contributed by atoms with Gasteiger partial charge in [-0.15, -0.1) is 10.2 Å². The van der Waals surface area contributed by atoms with Gasteiger partial charge in [-0.25, -0.2) is 0 Å². The molecule has 23 heavy (non-hydrogen) atoms. The zero-order valence-electron chi connectivity index (χ0n) is 13.5. The summed E-state index contributed by atoms with van der Waals surface area (Å²) in [5, 5.41) is 13.4. The summed E-state index contributed by atoms with van der Waals surface area (Å²) in [7, 11) is 0. The smallest absolute Gasteiger partial charge is 0.229 e. The number of hydrogen-bond acceptors (Lipinski definition) is 4. The van der Waals surface area contributed by atoms with Gasteiger partial charge < -0.3 is 5.32 Å². The monoisotopic (exact) mass is 349 g/mol. The Morgan fingerprint density at radius 1 is 1.30 bits per heavy atom. The average molecular weight is 350 g/mol. The molecule has 6 heteroatoms. The summed E-state index contributed by atoms with van der Waals surface area (Å²) in [6, 6.07) is 7.72. The molecule has 1 fully saturated rings. The van der Waals surface area contributed by atoms with Crippen molar-refractivity contribution in [1.29, 1.82) is 0 Å². The van der Waals surface area contributed by atoms with Crippen molar-refractivity contribution in [2.75, 3.05) is 5.32 Å². The van der Waals surface area contributed by atoms with Crippen molar-refractivity contribution in [2.24, 2.45) is 11.3 Å². The molecule has 0 radical (unpaired) electrons. The first kappa shape index (κ1) is 16.4. The van der Waals surface area contributed by atoms with Crippen molar-refractivity contribution < 1.29 is 4.79 Å². The van der Waals surface area contributed by atoms with Crippen LogP contribution in [-0.4, -0.2) is 16.1 Å². The van der Waals surface area contributed by atoms with E-state index < -0.39 is 0 Å². The molecular weight excluding hydrogens is 330 g/mol. The van der Waals surface area contributed by atoms with Crippen LogP contribution in [0.2, 0.25) is 5.02 Å². The highest BCUT2D eigenvalue weighted by atomic mass is 35.5. The average Bonchev–Trinajstić information content (AvgIpc) is 3.14. The summed E-state index contributed by atoms with van der Waals surface area (Å²) in [5.74, 6) is 0.337. The molecule has 0 spiro atoms. The number of aromatic nitrogens is 2. The zero-order chi connectivity index (χ0) is 16.6. The van der Waals surface area contributed by atoms with Crippen molar-refractivity contribution in [3.05, 3.63) is 39.9 Å². The van der Waals surface area contributed by atoms with Gasteiger partial charge in [-0.1, -0.05) is 55.8 Å². The van der Waals surface area contributed by atoms with E-state index in [0.29, 0.717) is 5.13 Å². The van der Waals surface area contributed by atoms with Crippen LogP contribution in [0.25, 0.3) is 0 Å². The van der Waals surface area contributed by atoms with Gasteiger partial charge in [0.05, 0.1) is 0 Å². The number of halogens is 1. The molecule has 0 saturated heterocycles. The van der Waals surface area contributed by atoms with E-state index in [2.05, 4.69) is 36.3 Å². The minimum atomic E-state index is 0.0196. The first-order chi connectivity index (χ1) is 10.8. The van der Waals surface area contributed by atoms with Gasteiger partial charge in [0.1, 0.15) is 5.01 Å². The normalized spacial score (nSPS) is 20.3. The summed E-state index contributed by atoms with van der Waals surface area (Å²) < 4.78 is 0. The molecule has 4 nitrogen and oxygen atoms in total. The van der Waals surface area contributed by atoms with E-state index >= 15 is 0 Å². The minimum absolute atomic E-state index is 0.0196. The summed E-state index contributed by atoms with van der Waals surface area (Å²) in [4.78, 5) is 12.3. The maximum Gasteiger partial charge on any atom is 0.229 e. The van der Waals surface area contributed by atoms with Crippen LogP contribution >= 0.6 is 22.9 Å². The molecule has 2 aromatic rings. The zero-order valence-corrected chi connectivity index (χ0v) is 15.0. The number of hydrogen-bond donors (Lipinski definition) is 1. The molecule has 1 saturated carbocycles. The predicted octanol–water partition coefficient (Wildman–Crippen LogP) is 4.52. The van der Waals surface area contributed by atoms with Crippen LogP contribution in [0, 0.1) is 11.3 Å². The fraction of sp³-hybridized carbons (Fsp3) is 0.471. The quantitative estimate of drug-likeness (QED) is 0.882. The molecule has 2 atom stereocenters. The number of anilines is 1. The lowest BCUT2D eigenvalue weighted by Gasteiger charge is -2.14. The highest BCUT2D eigenvalue weighted by Crippen LogP contribution is 2.48. The molecule has 122 valence electrons. The number of nitrogens with zero attached hydrogens (tertiary/aromatic N) is 2. The van der Waals surface area contributed by atoms with E-state index in [0.717, 1.165) is 22.9 Å². The second-order valence-electron chi connectivity index (χ2n) is 7.23. The third kappa shape index (κ3) is 4.30. The van der Waals surface area contributed by atoms with Gasteiger partial charge in [0.15, 0.2) is 0 Å². The Bertz CT molecular complexity index is 705. The molecule has 1 heterocycles. The first-order valence-electron chi connectivity index (χ1n) is 7.70. The molecule has 1 aromatic heterocycles. The topological polar surface area (TPSA) is 54.9 Å². The Labute approximate surface area is 145 Å². The van der Waals surface area contributed by atoms with Crippen molar-refractivity contribution in [3.63, 3.8) is 0 Å².